The minimum atomic E-state index is -0.911. The molecule has 0 saturated carbocycles. The molecule has 1 aliphatic heterocycles. The van der Waals surface area contributed by atoms with Gasteiger partial charge in [0.2, 0.25) is 0 Å². The van der Waals surface area contributed by atoms with Crippen molar-refractivity contribution in [3.63, 3.8) is 0 Å². The first kappa shape index (κ1) is 25.3. The fraction of sp³-hybridized carbons (Fsp3) is 0.286. The molecule has 1 aliphatic rings. The number of anilines is 1. The number of aliphatic hydroxyl groups is 1. The Labute approximate surface area is 214 Å². The van der Waals surface area contributed by atoms with Crippen LogP contribution < -0.4 is 9.64 Å². The van der Waals surface area contributed by atoms with Crippen molar-refractivity contribution in [2.75, 3.05) is 12.0 Å². The molecule has 1 atom stereocenters. The Balaban J connectivity index is 1.92. The van der Waals surface area contributed by atoms with Gasteiger partial charge in [0.25, 0.3) is 5.78 Å². The number of nitrogens with zero attached hydrogens (tertiary/aromatic N) is 2. The lowest BCUT2D eigenvalue weighted by Gasteiger charge is -2.24. The van der Waals surface area contributed by atoms with Gasteiger partial charge < -0.3 is 9.84 Å². The number of aliphatic hydroxyl groups excluding tert-OH is 1. The number of carbonyl (C=O) groups excluding carboxylic acids is 3. The van der Waals surface area contributed by atoms with Crippen LogP contribution in [0.2, 0.25) is 0 Å². The third-order valence-corrected chi connectivity index (χ3v) is 7.47. The molecular weight excluding hydrogens is 476 g/mol. The highest BCUT2D eigenvalue weighted by Gasteiger charge is 2.48. The number of hydrogen-bond donors (Lipinski definition) is 1. The molecule has 3 aromatic rings. The van der Waals surface area contributed by atoms with Crippen LogP contribution in [0.1, 0.15) is 65.8 Å². The monoisotopic (exact) mass is 504 g/mol. The molecule has 1 unspecified atom stereocenters. The van der Waals surface area contributed by atoms with Crippen molar-refractivity contribution in [2.45, 2.75) is 46.1 Å². The maximum absolute atomic E-state index is 13.3. The SMILES string of the molecule is COc1ccc(/C(O)=C2\C(=O)C(=O)N(c3nc(C)c(C(C)=O)s3)C2c2ccc(C(C)(C)C)cc2)cc1. The lowest BCUT2D eigenvalue weighted by molar-refractivity contribution is -0.132. The molecule has 2 aromatic carbocycles. The number of hydrogen-bond acceptors (Lipinski definition) is 7. The molecule has 1 fully saturated rings. The second kappa shape index (κ2) is 9.35. The lowest BCUT2D eigenvalue weighted by atomic mass is 9.85. The van der Waals surface area contributed by atoms with Crippen LogP contribution in [0, 0.1) is 6.92 Å². The van der Waals surface area contributed by atoms with E-state index in [1.165, 1.54) is 18.9 Å². The summed E-state index contributed by atoms with van der Waals surface area (Å²) in [5, 5.41) is 11.5. The summed E-state index contributed by atoms with van der Waals surface area (Å²) in [5.41, 5.74) is 2.47. The zero-order valence-corrected chi connectivity index (χ0v) is 21.9. The Morgan fingerprint density at radius 2 is 1.67 bits per heavy atom. The zero-order chi connectivity index (χ0) is 26.4. The molecule has 0 bridgehead atoms. The fourth-order valence-electron chi connectivity index (χ4n) is 4.23. The average molecular weight is 505 g/mol. The number of rotatable bonds is 5. The van der Waals surface area contributed by atoms with Crippen LogP contribution in [0.4, 0.5) is 5.13 Å². The molecule has 0 spiro atoms. The van der Waals surface area contributed by atoms with Gasteiger partial charge in [-0.05, 0) is 47.7 Å². The summed E-state index contributed by atoms with van der Waals surface area (Å²) in [6.45, 7) is 9.42. The van der Waals surface area contributed by atoms with E-state index in [2.05, 4.69) is 25.8 Å². The molecule has 0 aliphatic carbocycles. The summed E-state index contributed by atoms with van der Waals surface area (Å²) in [7, 11) is 1.53. The normalized spacial score (nSPS) is 17.5. The van der Waals surface area contributed by atoms with Crippen molar-refractivity contribution in [1.29, 1.82) is 0 Å². The lowest BCUT2D eigenvalue weighted by Crippen LogP contribution is -2.29. The number of benzene rings is 2. The number of amides is 1. The quantitative estimate of drug-likeness (QED) is 0.211. The molecule has 2 heterocycles. The minimum absolute atomic E-state index is 0.0362. The van der Waals surface area contributed by atoms with Crippen LogP contribution in [-0.2, 0) is 15.0 Å². The van der Waals surface area contributed by atoms with Crippen LogP contribution in [-0.4, -0.2) is 34.7 Å². The van der Waals surface area contributed by atoms with E-state index in [4.69, 9.17) is 4.74 Å². The maximum atomic E-state index is 13.3. The van der Waals surface area contributed by atoms with E-state index in [1.807, 2.05) is 24.3 Å². The molecule has 0 radical (unpaired) electrons. The number of ketones is 2. The van der Waals surface area contributed by atoms with E-state index in [1.54, 1.807) is 31.2 Å². The number of carbonyl (C=O) groups is 3. The number of aromatic nitrogens is 1. The van der Waals surface area contributed by atoms with Crippen LogP contribution in [0.15, 0.2) is 54.1 Å². The Morgan fingerprint density at radius 3 is 2.17 bits per heavy atom. The van der Waals surface area contributed by atoms with Crippen molar-refractivity contribution in [3.05, 3.63) is 81.4 Å². The predicted octanol–water partition coefficient (Wildman–Crippen LogP) is 5.59. The summed E-state index contributed by atoms with van der Waals surface area (Å²) in [4.78, 5) is 44.9. The smallest absolute Gasteiger partial charge is 0.301 e. The Hall–Kier alpha value is -3.78. The largest absolute Gasteiger partial charge is 0.507 e. The van der Waals surface area contributed by atoms with Crippen molar-refractivity contribution >= 4 is 39.7 Å². The van der Waals surface area contributed by atoms with Gasteiger partial charge >= 0.3 is 5.91 Å². The third kappa shape index (κ3) is 4.44. The zero-order valence-electron chi connectivity index (χ0n) is 21.1. The second-order valence-electron chi connectivity index (χ2n) is 9.74. The van der Waals surface area contributed by atoms with E-state index in [-0.39, 0.29) is 27.7 Å². The molecule has 36 heavy (non-hydrogen) atoms. The first-order valence-electron chi connectivity index (χ1n) is 11.5. The Kier molecular flexibility index (Phi) is 6.58. The molecule has 1 aromatic heterocycles. The topological polar surface area (TPSA) is 96.8 Å². The molecule has 1 saturated heterocycles. The number of ether oxygens (including phenoxy) is 1. The average Bonchev–Trinajstić information content (AvgIpc) is 3.35. The Morgan fingerprint density at radius 1 is 1.06 bits per heavy atom. The van der Waals surface area contributed by atoms with Gasteiger partial charge in [-0.2, -0.15) is 0 Å². The summed E-state index contributed by atoms with van der Waals surface area (Å²) in [5.74, 6) is -1.48. The minimum Gasteiger partial charge on any atom is -0.507 e. The number of aryl methyl sites for hydroxylation is 1. The maximum Gasteiger partial charge on any atom is 0.301 e. The molecule has 1 N–H and O–H groups in total. The van der Waals surface area contributed by atoms with Gasteiger partial charge in [-0.3, -0.25) is 19.3 Å². The van der Waals surface area contributed by atoms with Gasteiger partial charge in [-0.15, -0.1) is 0 Å². The summed E-state index contributed by atoms with van der Waals surface area (Å²) >= 11 is 1.06. The number of methoxy groups -OCH3 is 1. The number of Topliss-reactive ketones (excluding diaryl/α,β-unsaturated/α-hetero) is 2. The van der Waals surface area contributed by atoms with Gasteiger partial charge in [0.15, 0.2) is 10.9 Å². The van der Waals surface area contributed by atoms with E-state index >= 15 is 0 Å². The molecule has 7 nitrogen and oxygen atoms in total. The molecule has 4 rings (SSSR count). The van der Waals surface area contributed by atoms with Crippen molar-refractivity contribution in [2.24, 2.45) is 0 Å². The summed E-state index contributed by atoms with van der Waals surface area (Å²) in [6.07, 6.45) is 0. The highest BCUT2D eigenvalue weighted by Crippen LogP contribution is 2.44. The first-order chi connectivity index (χ1) is 16.9. The van der Waals surface area contributed by atoms with E-state index in [9.17, 15) is 19.5 Å². The summed E-state index contributed by atoms with van der Waals surface area (Å²) < 4.78 is 5.19. The van der Waals surface area contributed by atoms with Crippen LogP contribution in [0.5, 0.6) is 5.75 Å². The van der Waals surface area contributed by atoms with Gasteiger partial charge in [-0.1, -0.05) is 56.4 Å². The fourth-order valence-corrected chi connectivity index (χ4v) is 5.22. The van der Waals surface area contributed by atoms with E-state index in [0.717, 1.165) is 16.9 Å². The van der Waals surface area contributed by atoms with Gasteiger partial charge in [0.05, 0.1) is 29.3 Å². The number of thiazole rings is 1. The van der Waals surface area contributed by atoms with Gasteiger partial charge in [0, 0.05) is 12.5 Å². The summed E-state index contributed by atoms with van der Waals surface area (Å²) in [6, 6.07) is 13.3. The standard InChI is InChI=1S/C28H28N2O5S/c1-15-25(16(2)31)36-27(29-15)30-22(17-7-11-19(12-8-17)28(3,4)5)21(24(33)26(30)34)23(32)18-9-13-20(35-6)14-10-18/h7-14,22,32H,1-6H3/b23-21+. The highest BCUT2D eigenvalue weighted by molar-refractivity contribution is 7.18. The van der Waals surface area contributed by atoms with Crippen molar-refractivity contribution in [1.82, 2.24) is 4.98 Å². The van der Waals surface area contributed by atoms with Crippen molar-refractivity contribution in [3.8, 4) is 5.75 Å². The molecule has 1 amide bonds. The molecule has 186 valence electrons. The van der Waals surface area contributed by atoms with E-state index < -0.39 is 17.7 Å². The van der Waals surface area contributed by atoms with Crippen LogP contribution >= 0.6 is 11.3 Å². The Bertz CT molecular complexity index is 1380. The van der Waals surface area contributed by atoms with Gasteiger partial charge in [-0.25, -0.2) is 4.98 Å². The van der Waals surface area contributed by atoms with Crippen molar-refractivity contribution < 1.29 is 24.2 Å². The predicted molar refractivity (Wildman–Crippen MR) is 140 cm³/mol. The molecular formula is C28H28N2O5S. The first-order valence-corrected chi connectivity index (χ1v) is 12.3. The third-order valence-electron chi connectivity index (χ3n) is 6.21. The van der Waals surface area contributed by atoms with E-state index in [0.29, 0.717) is 27.4 Å². The second-order valence-corrected chi connectivity index (χ2v) is 10.7. The van der Waals surface area contributed by atoms with Crippen LogP contribution in [0.25, 0.3) is 5.76 Å². The van der Waals surface area contributed by atoms with Gasteiger partial charge in [0.1, 0.15) is 11.5 Å². The van der Waals surface area contributed by atoms with Crippen LogP contribution in [0.3, 0.4) is 0 Å². The molecule has 8 heteroatoms. The highest BCUT2D eigenvalue weighted by atomic mass is 32.1.